The van der Waals surface area contributed by atoms with Gasteiger partial charge in [-0.3, -0.25) is 0 Å². The van der Waals surface area contributed by atoms with Crippen molar-refractivity contribution in [1.29, 1.82) is 5.26 Å². The van der Waals surface area contributed by atoms with Crippen molar-refractivity contribution in [3.8, 4) is 17.6 Å². The Morgan fingerprint density at radius 1 is 1.24 bits per heavy atom. The second kappa shape index (κ2) is 8.15. The number of nitrogens with two attached hydrogens (primary N) is 1. The van der Waals surface area contributed by atoms with Crippen LogP contribution < -0.4 is 15.2 Å². The average molecular weight is 457 g/mol. The Balaban J connectivity index is 1.47. The van der Waals surface area contributed by atoms with Crippen LogP contribution in [0, 0.1) is 18.3 Å². The van der Waals surface area contributed by atoms with Crippen LogP contribution in [0.5, 0.6) is 11.5 Å². The number of hydrogen-bond donors (Lipinski definition) is 1. The number of rotatable bonds is 4. The smallest absolute Gasteiger partial charge is 0.379 e. The molecule has 0 spiro atoms. The second-order valence-corrected chi connectivity index (χ2v) is 8.75. The number of nitrogens with zero attached hydrogens (tertiary/aromatic N) is 1. The number of hydrogen-bond acceptors (Lipinski definition) is 7. The molecule has 7 heteroatoms. The van der Waals surface area contributed by atoms with Gasteiger partial charge in [-0.15, -0.1) is 11.3 Å². The lowest BCUT2D eigenvalue weighted by atomic mass is 9.88. The zero-order chi connectivity index (χ0) is 23.1. The fourth-order valence-electron chi connectivity index (χ4n) is 4.08. The maximum Gasteiger partial charge on any atom is 0.379 e. The molecule has 1 aliphatic heterocycles. The number of fused-ring (bicyclic) bond motifs is 2. The van der Waals surface area contributed by atoms with Crippen molar-refractivity contribution in [2.45, 2.75) is 26.2 Å². The van der Waals surface area contributed by atoms with E-state index >= 15 is 0 Å². The van der Waals surface area contributed by atoms with Gasteiger partial charge in [-0.25, -0.2) is 4.79 Å². The largest absolute Gasteiger partial charge is 0.449 e. The molecule has 1 unspecified atom stereocenters. The molecular weight excluding hydrogens is 436 g/mol. The maximum absolute atomic E-state index is 12.9. The van der Waals surface area contributed by atoms with Gasteiger partial charge < -0.3 is 19.6 Å². The summed E-state index contributed by atoms with van der Waals surface area (Å²) in [5.41, 5.74) is 9.74. The molecule has 0 radical (unpaired) electrons. The lowest BCUT2D eigenvalue weighted by Crippen LogP contribution is -2.20. The first kappa shape index (κ1) is 20.9. The molecule has 1 aliphatic rings. The number of allylic oxidation sites excluding steroid dienone is 1. The molecule has 2 N–H and O–H groups in total. The summed E-state index contributed by atoms with van der Waals surface area (Å²) in [5, 5.41) is 12.5. The van der Waals surface area contributed by atoms with E-state index in [0.29, 0.717) is 22.7 Å². The van der Waals surface area contributed by atoms with E-state index in [1.165, 1.54) is 16.9 Å². The van der Waals surface area contributed by atoms with Crippen LogP contribution in [0.4, 0.5) is 0 Å². The maximum atomic E-state index is 12.9. The van der Waals surface area contributed by atoms with Gasteiger partial charge in [-0.2, -0.15) is 5.26 Å². The first-order valence-electron chi connectivity index (χ1n) is 10.5. The summed E-state index contributed by atoms with van der Waals surface area (Å²) in [6.45, 7) is 3.92. The van der Waals surface area contributed by atoms with Gasteiger partial charge in [0.1, 0.15) is 28.7 Å². The third-order valence-corrected chi connectivity index (χ3v) is 6.76. The summed E-state index contributed by atoms with van der Waals surface area (Å²) in [7, 11) is 0. The highest BCUT2D eigenvalue weighted by atomic mass is 32.1. The normalized spacial score (nSPS) is 15.1. The molecule has 3 heterocycles. The predicted octanol–water partition coefficient (Wildman–Crippen LogP) is 5.80. The summed E-state index contributed by atoms with van der Waals surface area (Å²) < 4.78 is 17.1. The van der Waals surface area contributed by atoms with E-state index in [0.717, 1.165) is 27.8 Å². The monoisotopic (exact) mass is 456 g/mol. The summed E-state index contributed by atoms with van der Waals surface area (Å²) >= 11 is 1.54. The fraction of sp³-hybridized carbons (Fsp3) is 0.154. The van der Waals surface area contributed by atoms with Crippen LogP contribution in [-0.4, -0.2) is 5.97 Å². The number of furan rings is 1. The Kier molecular flexibility index (Phi) is 5.15. The van der Waals surface area contributed by atoms with Crippen molar-refractivity contribution in [1.82, 2.24) is 0 Å². The van der Waals surface area contributed by atoms with Crippen LogP contribution in [0.1, 0.15) is 45.0 Å². The molecular formula is C26H20N2O4S. The van der Waals surface area contributed by atoms with Gasteiger partial charge in [0.05, 0.1) is 5.92 Å². The highest BCUT2D eigenvalue weighted by Gasteiger charge is 2.32. The van der Waals surface area contributed by atoms with Gasteiger partial charge in [0.15, 0.2) is 0 Å². The van der Waals surface area contributed by atoms with Gasteiger partial charge in [0, 0.05) is 27.5 Å². The van der Waals surface area contributed by atoms with Crippen LogP contribution in [0.2, 0.25) is 0 Å². The zero-order valence-electron chi connectivity index (χ0n) is 18.0. The molecule has 0 saturated heterocycles. The number of ether oxygens (including phenoxy) is 2. The number of esters is 1. The molecule has 164 valence electrons. The highest BCUT2D eigenvalue weighted by Crippen LogP contribution is 2.44. The highest BCUT2D eigenvalue weighted by molar-refractivity contribution is 7.10. The van der Waals surface area contributed by atoms with E-state index in [1.807, 2.05) is 42.6 Å². The van der Waals surface area contributed by atoms with Crippen LogP contribution >= 0.6 is 11.3 Å². The molecule has 33 heavy (non-hydrogen) atoms. The van der Waals surface area contributed by atoms with E-state index < -0.39 is 5.97 Å². The van der Waals surface area contributed by atoms with Crippen LogP contribution in [-0.2, 0) is 6.42 Å². The van der Waals surface area contributed by atoms with Crippen molar-refractivity contribution in [3.63, 3.8) is 0 Å². The van der Waals surface area contributed by atoms with E-state index in [2.05, 4.69) is 13.0 Å². The minimum Gasteiger partial charge on any atom is -0.449 e. The van der Waals surface area contributed by atoms with Gasteiger partial charge in [-0.05, 0) is 48.6 Å². The third-order valence-electron chi connectivity index (χ3n) is 5.82. The second-order valence-electron chi connectivity index (χ2n) is 7.77. The number of carbonyl (C=O) groups excluding carboxylic acids is 1. The van der Waals surface area contributed by atoms with Crippen LogP contribution in [0.25, 0.3) is 11.0 Å². The van der Waals surface area contributed by atoms with E-state index in [1.54, 1.807) is 18.2 Å². The third kappa shape index (κ3) is 3.55. The topological polar surface area (TPSA) is 98.5 Å². The quantitative estimate of drug-likeness (QED) is 0.308. The van der Waals surface area contributed by atoms with E-state index in [4.69, 9.17) is 19.6 Å². The first-order valence-corrected chi connectivity index (χ1v) is 11.4. The zero-order valence-corrected chi connectivity index (χ0v) is 18.9. The summed E-state index contributed by atoms with van der Waals surface area (Å²) in [6.07, 6.45) is 0.896. The molecule has 1 atom stereocenters. The van der Waals surface area contributed by atoms with Crippen molar-refractivity contribution in [3.05, 3.63) is 92.7 Å². The minimum atomic E-state index is -0.589. The molecule has 0 aliphatic carbocycles. The van der Waals surface area contributed by atoms with Crippen LogP contribution in [0.15, 0.2) is 69.8 Å². The van der Waals surface area contributed by atoms with Crippen molar-refractivity contribution in [2.24, 2.45) is 5.73 Å². The molecule has 6 nitrogen and oxygen atoms in total. The fourth-order valence-corrected chi connectivity index (χ4v) is 4.94. The van der Waals surface area contributed by atoms with E-state index in [9.17, 15) is 10.1 Å². The number of nitriles is 1. The summed E-state index contributed by atoms with van der Waals surface area (Å²) in [4.78, 5) is 13.9. The molecule has 2 aromatic carbocycles. The molecule has 0 saturated carbocycles. The Hall–Kier alpha value is -4.02. The number of carbonyl (C=O) groups is 1. The van der Waals surface area contributed by atoms with Crippen molar-refractivity contribution < 1.29 is 18.7 Å². The Morgan fingerprint density at radius 2 is 2.09 bits per heavy atom. The van der Waals surface area contributed by atoms with E-state index in [-0.39, 0.29) is 17.6 Å². The van der Waals surface area contributed by atoms with Crippen molar-refractivity contribution in [2.75, 3.05) is 0 Å². The van der Waals surface area contributed by atoms with Gasteiger partial charge in [0.2, 0.25) is 11.6 Å². The Morgan fingerprint density at radius 3 is 2.82 bits per heavy atom. The average Bonchev–Trinajstić information content (AvgIpc) is 3.46. The SMILES string of the molecule is CCc1ccc2oc(C(=O)Oc3ccc4c(c3)OC(N)=C(C#N)C4c3cccs3)c(C)c2c1. The number of aryl methyl sites for hydroxylation is 2. The minimum absolute atomic E-state index is 0.0479. The Bertz CT molecular complexity index is 1460. The first-order chi connectivity index (χ1) is 16.0. The molecule has 0 amide bonds. The molecule has 4 aromatic rings. The molecule has 2 aromatic heterocycles. The van der Waals surface area contributed by atoms with Crippen molar-refractivity contribution >= 4 is 28.3 Å². The molecule has 0 fully saturated rings. The Labute approximate surface area is 194 Å². The summed E-state index contributed by atoms with van der Waals surface area (Å²) in [6, 6.07) is 17.0. The lowest BCUT2D eigenvalue weighted by molar-refractivity contribution is 0.0702. The van der Waals surface area contributed by atoms with Gasteiger partial charge in [0.25, 0.3) is 0 Å². The summed E-state index contributed by atoms with van der Waals surface area (Å²) in [5.74, 6) is 0.0452. The van der Waals surface area contributed by atoms with Crippen LogP contribution in [0.3, 0.4) is 0 Å². The van der Waals surface area contributed by atoms with Gasteiger partial charge >= 0.3 is 5.97 Å². The number of benzene rings is 2. The lowest BCUT2D eigenvalue weighted by Gasteiger charge is -2.25. The molecule has 0 bridgehead atoms. The standard InChI is InChI=1S/C26H20N2O4S/c1-3-15-6-9-20-18(11-15)14(2)24(31-20)26(29)30-16-7-8-17-21(12-16)32-25(28)19(13-27)23(17)22-5-4-10-33-22/h4-12,23H,3,28H2,1-2H3. The van der Waals surface area contributed by atoms with Gasteiger partial charge in [-0.1, -0.05) is 25.1 Å². The predicted molar refractivity (Wildman–Crippen MR) is 125 cm³/mol. The number of thiophene rings is 1. The molecule has 5 rings (SSSR count).